The maximum atomic E-state index is 14.0. The van der Waals surface area contributed by atoms with Crippen LogP contribution in [0.15, 0.2) is 114 Å². The first kappa shape index (κ1) is 41.9. The third-order valence-electron chi connectivity index (χ3n) is 9.38. The van der Waals surface area contributed by atoms with Crippen molar-refractivity contribution in [3.8, 4) is 17.6 Å². The normalized spacial score (nSPS) is 11.6. The number of rotatable bonds is 14. The fourth-order valence-corrected chi connectivity index (χ4v) is 7.70. The first-order valence-corrected chi connectivity index (χ1v) is 19.9. The molecule has 17 heteroatoms. The van der Waals surface area contributed by atoms with Gasteiger partial charge in [0.05, 0.1) is 40.5 Å². The van der Waals surface area contributed by atoms with Crippen molar-refractivity contribution in [1.82, 2.24) is 14.6 Å². The predicted molar refractivity (Wildman–Crippen MR) is 219 cm³/mol. The molecule has 6 rings (SSSR count). The van der Waals surface area contributed by atoms with Gasteiger partial charge in [0.15, 0.2) is 0 Å². The zero-order valence-electron chi connectivity index (χ0n) is 31.3. The van der Waals surface area contributed by atoms with Crippen molar-refractivity contribution in [2.45, 2.75) is 37.3 Å². The molecular formula is C42H33Cl2N5O9S. The van der Waals surface area contributed by atoms with Gasteiger partial charge in [-0.05, 0) is 90.8 Å². The van der Waals surface area contributed by atoms with Gasteiger partial charge in [-0.3, -0.25) is 29.1 Å². The number of amides is 2. The highest BCUT2D eigenvalue weighted by Crippen LogP contribution is 2.31. The van der Waals surface area contributed by atoms with Gasteiger partial charge in [0.1, 0.15) is 29.2 Å². The molecule has 1 heterocycles. The van der Waals surface area contributed by atoms with Crippen molar-refractivity contribution in [2.24, 2.45) is 0 Å². The Labute approximate surface area is 348 Å². The minimum Gasteiger partial charge on any atom is -0.497 e. The molecule has 1 aromatic heterocycles. The van der Waals surface area contributed by atoms with Crippen molar-refractivity contribution in [1.29, 1.82) is 5.26 Å². The van der Waals surface area contributed by atoms with Crippen LogP contribution in [-0.4, -0.2) is 48.8 Å². The average molecular weight is 855 g/mol. The van der Waals surface area contributed by atoms with E-state index in [9.17, 15) is 38.2 Å². The molecule has 2 amide bonds. The molecule has 6 aromatic rings. The highest BCUT2D eigenvalue weighted by Gasteiger charge is 2.30. The van der Waals surface area contributed by atoms with Crippen molar-refractivity contribution in [2.75, 3.05) is 7.11 Å². The molecule has 1 atom stereocenters. The van der Waals surface area contributed by atoms with E-state index in [1.165, 1.54) is 11.7 Å². The molecule has 0 spiro atoms. The number of nitrogens with zero attached hydrogens (tertiary/aromatic N) is 3. The third kappa shape index (κ3) is 9.53. The molecular weight excluding hydrogens is 821 g/mol. The molecule has 0 saturated heterocycles. The lowest BCUT2D eigenvalue weighted by atomic mass is 10.0. The van der Waals surface area contributed by atoms with Crippen LogP contribution in [0.2, 0.25) is 10.0 Å². The summed E-state index contributed by atoms with van der Waals surface area (Å²) in [5, 5.41) is 24.2. The molecule has 0 radical (unpaired) electrons. The quantitative estimate of drug-likeness (QED) is 0.0842. The largest absolute Gasteiger partial charge is 0.497 e. The number of nitro benzene ring substituents is 1. The molecule has 5 aromatic carbocycles. The number of nitrogens with one attached hydrogen (secondary N) is 2. The molecule has 0 bridgehead atoms. The Balaban J connectivity index is 1.29. The van der Waals surface area contributed by atoms with Gasteiger partial charge in [0, 0.05) is 39.7 Å². The minimum atomic E-state index is -4.71. The second kappa shape index (κ2) is 17.8. The number of ether oxygens (including phenoxy) is 2. The van der Waals surface area contributed by atoms with Crippen molar-refractivity contribution in [3.63, 3.8) is 0 Å². The van der Waals surface area contributed by atoms with Gasteiger partial charge in [-0.2, -0.15) is 5.26 Å². The Morgan fingerprint density at radius 3 is 2.31 bits per heavy atom. The second-order valence-electron chi connectivity index (χ2n) is 13.1. The van der Waals surface area contributed by atoms with Crippen LogP contribution in [0.5, 0.6) is 11.5 Å². The summed E-state index contributed by atoms with van der Waals surface area (Å²) in [5.41, 5.74) is 2.66. The molecule has 0 aliphatic heterocycles. The SMILES string of the molecule is COc1ccc2c(c1)c(CC(=O)N[C@@H](Cc1ccc(OCc3ccccc3C#N)cc1)C(=O)NS(=O)(=O)c1ccc(Cl)c([N+](=O)[O-])c1)c(C)n2C(=O)c1ccc(Cl)cc1. The van der Waals surface area contributed by atoms with Gasteiger partial charge >= 0.3 is 0 Å². The van der Waals surface area contributed by atoms with Gasteiger partial charge in [-0.1, -0.05) is 53.5 Å². The summed E-state index contributed by atoms with van der Waals surface area (Å²) in [6.45, 7) is 1.78. The minimum absolute atomic E-state index is 0.109. The van der Waals surface area contributed by atoms with E-state index in [-0.39, 0.29) is 30.4 Å². The summed E-state index contributed by atoms with van der Waals surface area (Å²) >= 11 is 11.9. The fourth-order valence-electron chi connectivity index (χ4n) is 6.35. The summed E-state index contributed by atoms with van der Waals surface area (Å²) in [6.07, 6.45) is -0.539. The fraction of sp³-hybridized carbons (Fsp3) is 0.143. The zero-order chi connectivity index (χ0) is 42.4. The number of benzene rings is 5. The van der Waals surface area contributed by atoms with Crippen LogP contribution >= 0.6 is 23.2 Å². The maximum absolute atomic E-state index is 14.0. The van der Waals surface area contributed by atoms with Gasteiger partial charge in [-0.15, -0.1) is 0 Å². The van der Waals surface area contributed by atoms with Crippen LogP contribution in [-0.2, 0) is 39.1 Å². The Kier molecular flexibility index (Phi) is 12.7. The van der Waals surface area contributed by atoms with Crippen LogP contribution in [0.25, 0.3) is 10.9 Å². The monoisotopic (exact) mass is 853 g/mol. The average Bonchev–Trinajstić information content (AvgIpc) is 3.49. The second-order valence-corrected chi connectivity index (χ2v) is 15.7. The van der Waals surface area contributed by atoms with Crippen molar-refractivity contribution < 1.29 is 37.2 Å². The van der Waals surface area contributed by atoms with E-state index >= 15 is 0 Å². The number of carbonyl (C=O) groups is 3. The summed E-state index contributed by atoms with van der Waals surface area (Å²) in [6, 6.07) is 28.2. The Hall–Kier alpha value is -6.73. The Morgan fingerprint density at radius 1 is 0.932 bits per heavy atom. The number of fused-ring (bicyclic) bond motifs is 1. The maximum Gasteiger partial charge on any atom is 0.289 e. The lowest BCUT2D eigenvalue weighted by Crippen LogP contribution is -2.50. The van der Waals surface area contributed by atoms with E-state index < -0.39 is 43.4 Å². The molecule has 300 valence electrons. The van der Waals surface area contributed by atoms with E-state index in [0.29, 0.717) is 60.9 Å². The van der Waals surface area contributed by atoms with Crippen molar-refractivity contribution >= 4 is 67.5 Å². The van der Waals surface area contributed by atoms with E-state index in [1.807, 2.05) is 4.72 Å². The molecule has 0 aliphatic carbocycles. The van der Waals surface area contributed by atoms with Gasteiger partial charge in [0.25, 0.3) is 27.5 Å². The van der Waals surface area contributed by atoms with Crippen LogP contribution in [0.1, 0.15) is 38.3 Å². The topological polar surface area (TPSA) is 200 Å². The highest BCUT2D eigenvalue weighted by atomic mass is 35.5. The summed E-state index contributed by atoms with van der Waals surface area (Å²) < 4.78 is 41.5. The predicted octanol–water partition coefficient (Wildman–Crippen LogP) is 7.09. The summed E-state index contributed by atoms with van der Waals surface area (Å²) in [7, 11) is -3.23. The molecule has 14 nitrogen and oxygen atoms in total. The Morgan fingerprint density at radius 2 is 1.63 bits per heavy atom. The van der Waals surface area contributed by atoms with Gasteiger partial charge in [0.2, 0.25) is 5.91 Å². The number of aromatic nitrogens is 1. The van der Waals surface area contributed by atoms with E-state index in [4.69, 9.17) is 32.7 Å². The molecule has 0 unspecified atom stereocenters. The molecule has 0 fully saturated rings. The smallest absolute Gasteiger partial charge is 0.289 e. The third-order valence-corrected chi connectivity index (χ3v) is 11.3. The first-order valence-electron chi connectivity index (χ1n) is 17.7. The van der Waals surface area contributed by atoms with Crippen LogP contribution < -0.4 is 19.5 Å². The standard InChI is InChI=1S/C42H33Cl2N5O9S/c1-25-34(35-20-32(57-2)15-18-38(35)48(25)42(52)27-9-11-30(43)12-10-27)22-40(50)46-37(41(51)47-59(55,56)33-16-17-36(44)39(21-33)49(53)54)19-26-7-13-31(14-8-26)58-24-29-6-4-3-5-28(29)23-45/h3-18,20-21,37H,19,22,24H2,1-2H3,(H,46,50)(H,47,51)/t37-/m0/s1. The molecule has 0 aliphatic rings. The summed E-state index contributed by atoms with van der Waals surface area (Å²) in [5.74, 6) is -1.31. The molecule has 2 N–H and O–H groups in total. The number of methoxy groups -OCH3 is 1. The number of sulfonamides is 1. The van der Waals surface area contributed by atoms with Crippen LogP contribution in [0.4, 0.5) is 5.69 Å². The molecule has 59 heavy (non-hydrogen) atoms. The Bertz CT molecular complexity index is 2770. The number of hydrogen-bond donors (Lipinski definition) is 2. The molecule has 0 saturated carbocycles. The zero-order valence-corrected chi connectivity index (χ0v) is 33.6. The summed E-state index contributed by atoms with van der Waals surface area (Å²) in [4.78, 5) is 51.6. The number of nitro groups is 1. The van der Waals surface area contributed by atoms with Gasteiger partial charge < -0.3 is 14.8 Å². The van der Waals surface area contributed by atoms with Crippen LogP contribution in [0.3, 0.4) is 0 Å². The van der Waals surface area contributed by atoms with E-state index in [0.717, 1.165) is 18.2 Å². The van der Waals surface area contributed by atoms with Crippen LogP contribution in [0, 0.1) is 28.4 Å². The van der Waals surface area contributed by atoms with E-state index in [2.05, 4.69) is 11.4 Å². The first-order chi connectivity index (χ1) is 28.2. The lowest BCUT2D eigenvalue weighted by molar-refractivity contribution is -0.384. The van der Waals surface area contributed by atoms with E-state index in [1.54, 1.807) is 97.9 Å². The number of halogens is 2. The highest BCUT2D eigenvalue weighted by molar-refractivity contribution is 7.90. The number of nitriles is 1. The van der Waals surface area contributed by atoms with Gasteiger partial charge in [-0.25, -0.2) is 13.1 Å². The number of hydrogen-bond acceptors (Lipinski definition) is 10. The van der Waals surface area contributed by atoms with Crippen molar-refractivity contribution in [3.05, 3.63) is 163 Å². The lowest BCUT2D eigenvalue weighted by Gasteiger charge is -2.19. The number of carbonyl (C=O) groups excluding carboxylic acids is 3.